The van der Waals surface area contributed by atoms with E-state index in [4.69, 9.17) is 16.3 Å². The smallest absolute Gasteiger partial charge is 0.229 e. The number of nitrogens with one attached hydrogen (secondary N) is 1. The maximum absolute atomic E-state index is 12.8. The zero-order chi connectivity index (χ0) is 19.3. The monoisotopic (exact) mass is 401 g/mol. The first kappa shape index (κ1) is 19.0. The van der Waals surface area contributed by atoms with Crippen LogP contribution < -0.4 is 15.1 Å². The van der Waals surface area contributed by atoms with Crippen LogP contribution in [0.3, 0.4) is 0 Å². The summed E-state index contributed by atoms with van der Waals surface area (Å²) in [6.45, 7) is 4.60. The first-order valence-electron chi connectivity index (χ1n) is 9.66. The number of rotatable bonds is 4. The minimum atomic E-state index is -0.0894. The molecule has 4 rings (SSSR count). The van der Waals surface area contributed by atoms with Crippen molar-refractivity contribution < 1.29 is 9.53 Å². The molecule has 0 bridgehead atoms. The number of morpholine rings is 1. The maximum Gasteiger partial charge on any atom is 0.229 e. The van der Waals surface area contributed by atoms with Gasteiger partial charge >= 0.3 is 0 Å². The van der Waals surface area contributed by atoms with E-state index in [2.05, 4.69) is 25.3 Å². The normalized spacial score (nSPS) is 20.1. The van der Waals surface area contributed by atoms with Gasteiger partial charge in [0.2, 0.25) is 5.91 Å². The Bertz CT molecular complexity index is 813. The molecule has 1 atom stereocenters. The van der Waals surface area contributed by atoms with Gasteiger partial charge in [0.25, 0.3) is 0 Å². The van der Waals surface area contributed by atoms with Gasteiger partial charge in [0.1, 0.15) is 0 Å². The van der Waals surface area contributed by atoms with Crippen molar-refractivity contribution in [3.05, 3.63) is 41.6 Å². The summed E-state index contributed by atoms with van der Waals surface area (Å²) < 4.78 is 5.39. The number of hydrogen-bond acceptors (Lipinski definition) is 6. The van der Waals surface area contributed by atoms with Gasteiger partial charge in [-0.25, -0.2) is 0 Å². The van der Waals surface area contributed by atoms with Crippen LogP contribution in [0, 0.1) is 5.92 Å². The number of anilines is 3. The second-order valence-corrected chi connectivity index (χ2v) is 7.53. The van der Waals surface area contributed by atoms with Gasteiger partial charge in [-0.2, -0.15) is 5.10 Å². The van der Waals surface area contributed by atoms with Crippen molar-refractivity contribution in [1.82, 2.24) is 10.2 Å². The van der Waals surface area contributed by atoms with Gasteiger partial charge in [0, 0.05) is 38.1 Å². The standard InChI is InChI=1S/C20H24ClN5O2/c21-17-13-16(5-6-18(17)25-9-11-28-12-10-25)23-20(27)15-3-2-8-26(14-15)19-4-1-7-22-24-19/h1,4-7,13,15H,2-3,8-12,14H2,(H,23,27)/t15-/m1/s1. The van der Waals surface area contributed by atoms with Crippen LogP contribution in [0.2, 0.25) is 5.02 Å². The van der Waals surface area contributed by atoms with E-state index < -0.39 is 0 Å². The average Bonchev–Trinajstić information content (AvgIpc) is 2.75. The minimum Gasteiger partial charge on any atom is -0.378 e. The van der Waals surface area contributed by atoms with Crippen molar-refractivity contribution in [3.8, 4) is 0 Å². The van der Waals surface area contributed by atoms with E-state index in [0.29, 0.717) is 24.8 Å². The lowest BCUT2D eigenvalue weighted by Crippen LogP contribution is -2.41. The molecule has 0 spiro atoms. The summed E-state index contributed by atoms with van der Waals surface area (Å²) in [4.78, 5) is 17.1. The van der Waals surface area contributed by atoms with Crippen LogP contribution in [0.5, 0.6) is 0 Å². The number of benzene rings is 1. The zero-order valence-electron chi connectivity index (χ0n) is 15.7. The van der Waals surface area contributed by atoms with Crippen molar-refractivity contribution in [2.45, 2.75) is 12.8 Å². The lowest BCUT2D eigenvalue weighted by molar-refractivity contribution is -0.120. The number of carbonyl (C=O) groups excluding carboxylic acids is 1. The second kappa shape index (κ2) is 8.75. The molecule has 2 aliphatic heterocycles. The fourth-order valence-corrected chi connectivity index (χ4v) is 4.05. The van der Waals surface area contributed by atoms with E-state index in [1.807, 2.05) is 30.3 Å². The van der Waals surface area contributed by atoms with E-state index in [1.165, 1.54) is 0 Å². The zero-order valence-corrected chi connectivity index (χ0v) is 16.4. The van der Waals surface area contributed by atoms with Gasteiger partial charge in [-0.05, 0) is 43.2 Å². The summed E-state index contributed by atoms with van der Waals surface area (Å²) in [6, 6.07) is 9.50. The number of amides is 1. The minimum absolute atomic E-state index is 0.0174. The highest BCUT2D eigenvalue weighted by Crippen LogP contribution is 2.30. The maximum atomic E-state index is 12.8. The van der Waals surface area contributed by atoms with Crippen molar-refractivity contribution >= 4 is 34.7 Å². The fourth-order valence-electron chi connectivity index (χ4n) is 3.75. The number of hydrogen-bond donors (Lipinski definition) is 1. The molecule has 28 heavy (non-hydrogen) atoms. The second-order valence-electron chi connectivity index (χ2n) is 7.12. The Morgan fingerprint density at radius 2 is 2.04 bits per heavy atom. The summed E-state index contributed by atoms with van der Waals surface area (Å²) in [5.74, 6) is 0.745. The molecule has 0 radical (unpaired) electrons. The van der Waals surface area contributed by atoms with Gasteiger partial charge < -0.3 is 19.9 Å². The molecule has 2 fully saturated rings. The van der Waals surface area contributed by atoms with E-state index in [0.717, 1.165) is 49.7 Å². The molecule has 0 aliphatic carbocycles. The Labute approximate surface area is 169 Å². The molecule has 0 saturated carbocycles. The van der Waals surface area contributed by atoms with Crippen LogP contribution in [0.1, 0.15) is 12.8 Å². The molecule has 1 N–H and O–H groups in total. The summed E-state index contributed by atoms with van der Waals surface area (Å²) in [5, 5.41) is 11.8. The van der Waals surface area contributed by atoms with Gasteiger partial charge in [0.15, 0.2) is 5.82 Å². The fraction of sp³-hybridized carbons (Fsp3) is 0.450. The van der Waals surface area contributed by atoms with Crippen LogP contribution >= 0.6 is 11.6 Å². The Hall–Kier alpha value is -2.38. The predicted octanol–water partition coefficient (Wildman–Crippen LogP) is 2.82. The first-order valence-corrected chi connectivity index (χ1v) is 10.0. The summed E-state index contributed by atoms with van der Waals surface area (Å²) in [7, 11) is 0. The molecule has 1 amide bonds. The van der Waals surface area contributed by atoms with Crippen molar-refractivity contribution in [3.63, 3.8) is 0 Å². The summed E-state index contributed by atoms with van der Waals surface area (Å²) >= 11 is 6.48. The van der Waals surface area contributed by atoms with E-state index in [1.54, 1.807) is 6.20 Å². The highest BCUT2D eigenvalue weighted by atomic mass is 35.5. The average molecular weight is 402 g/mol. The lowest BCUT2D eigenvalue weighted by Gasteiger charge is -2.32. The lowest BCUT2D eigenvalue weighted by atomic mass is 9.97. The summed E-state index contributed by atoms with van der Waals surface area (Å²) in [5.41, 5.74) is 1.71. The number of halogens is 1. The van der Waals surface area contributed by atoms with Crippen LogP contribution in [0.25, 0.3) is 0 Å². The molecule has 0 unspecified atom stereocenters. The third-order valence-electron chi connectivity index (χ3n) is 5.24. The predicted molar refractivity (Wildman–Crippen MR) is 110 cm³/mol. The van der Waals surface area contributed by atoms with Crippen LogP contribution in [-0.2, 0) is 9.53 Å². The Balaban J connectivity index is 1.39. The van der Waals surface area contributed by atoms with Crippen LogP contribution in [0.4, 0.5) is 17.2 Å². The van der Waals surface area contributed by atoms with E-state index in [-0.39, 0.29) is 11.8 Å². The van der Waals surface area contributed by atoms with Gasteiger partial charge in [-0.3, -0.25) is 4.79 Å². The van der Waals surface area contributed by atoms with E-state index >= 15 is 0 Å². The molecule has 2 aliphatic rings. The third-order valence-corrected chi connectivity index (χ3v) is 5.54. The van der Waals surface area contributed by atoms with Gasteiger partial charge in [-0.1, -0.05) is 11.6 Å². The van der Waals surface area contributed by atoms with Gasteiger partial charge in [0.05, 0.1) is 29.8 Å². The molecule has 1 aromatic carbocycles. The molecule has 3 heterocycles. The van der Waals surface area contributed by atoms with Gasteiger partial charge in [-0.15, -0.1) is 5.10 Å². The number of aromatic nitrogens is 2. The topological polar surface area (TPSA) is 70.6 Å². The molecular weight excluding hydrogens is 378 g/mol. The Kier molecular flexibility index (Phi) is 5.92. The number of nitrogens with zero attached hydrogens (tertiary/aromatic N) is 4. The molecule has 2 aromatic rings. The van der Waals surface area contributed by atoms with Crippen molar-refractivity contribution in [2.24, 2.45) is 5.92 Å². The number of carbonyl (C=O) groups is 1. The molecule has 2 saturated heterocycles. The SMILES string of the molecule is O=C(Nc1ccc(N2CCOCC2)c(Cl)c1)[C@@H]1CCCN(c2cccnn2)C1. The summed E-state index contributed by atoms with van der Waals surface area (Å²) in [6.07, 6.45) is 3.47. The van der Waals surface area contributed by atoms with Crippen molar-refractivity contribution in [1.29, 1.82) is 0 Å². The van der Waals surface area contributed by atoms with Crippen LogP contribution in [-0.4, -0.2) is 55.5 Å². The first-order chi connectivity index (χ1) is 13.7. The molecule has 1 aromatic heterocycles. The third kappa shape index (κ3) is 4.36. The molecule has 8 heteroatoms. The highest BCUT2D eigenvalue weighted by molar-refractivity contribution is 6.33. The quantitative estimate of drug-likeness (QED) is 0.849. The van der Waals surface area contributed by atoms with Crippen LogP contribution in [0.15, 0.2) is 36.5 Å². The van der Waals surface area contributed by atoms with E-state index in [9.17, 15) is 4.79 Å². The largest absolute Gasteiger partial charge is 0.378 e. The molecule has 148 valence electrons. The Morgan fingerprint density at radius 1 is 1.18 bits per heavy atom. The van der Waals surface area contributed by atoms with Crippen molar-refractivity contribution in [2.75, 3.05) is 54.5 Å². The molecular formula is C20H24ClN5O2. The number of piperidine rings is 1. The highest BCUT2D eigenvalue weighted by Gasteiger charge is 2.27. The Morgan fingerprint density at radius 3 is 2.79 bits per heavy atom. The molecule has 7 nitrogen and oxygen atoms in total. The number of ether oxygens (including phenoxy) is 1.